The Morgan fingerprint density at radius 2 is 1.87 bits per heavy atom. The fourth-order valence-corrected chi connectivity index (χ4v) is 6.50. The largest absolute Gasteiger partial charge is 0.493 e. The fraction of sp³-hybridized carbons (Fsp3) is 0.314. The molecule has 0 unspecified atom stereocenters. The molecule has 0 saturated heterocycles. The molecule has 3 heterocycles. The highest BCUT2D eigenvalue weighted by Crippen LogP contribution is 2.43. The first kappa shape index (κ1) is 31.9. The van der Waals surface area contributed by atoms with Gasteiger partial charge in [0.05, 0.1) is 13.7 Å². The number of pyridine rings is 1. The van der Waals surface area contributed by atoms with Crippen LogP contribution in [0.3, 0.4) is 0 Å². The van der Waals surface area contributed by atoms with Crippen molar-refractivity contribution >= 4 is 34.8 Å². The predicted molar refractivity (Wildman–Crippen MR) is 177 cm³/mol. The number of thiophene rings is 1. The molecule has 45 heavy (non-hydrogen) atoms. The molecule has 9 nitrogen and oxygen atoms in total. The van der Waals surface area contributed by atoms with Crippen LogP contribution in [0, 0.1) is 6.92 Å². The third-order valence-electron chi connectivity index (χ3n) is 7.84. The molecular formula is C35H38N4O5S. The van der Waals surface area contributed by atoms with Gasteiger partial charge in [0, 0.05) is 52.3 Å². The summed E-state index contributed by atoms with van der Waals surface area (Å²) in [6.07, 6.45) is 1.48. The molecule has 4 aromatic rings. The summed E-state index contributed by atoms with van der Waals surface area (Å²) in [4.78, 5) is 45.7. The Morgan fingerprint density at radius 3 is 2.58 bits per heavy atom. The summed E-state index contributed by atoms with van der Waals surface area (Å²) in [5.41, 5.74) is 12.6. The van der Waals surface area contributed by atoms with E-state index < -0.39 is 11.9 Å². The standard InChI is InChI=1S/C35H38N4O5S/c1-6-11-37-34(41)28-8-7-23(31(38-28)35(42)43-5)25-17-29-27(32-22(9-12-44-29)10-13-45-32)16-26(25)33(40)39-30-20(4)14-21(18-36)15-24(30)19(2)3/h7-8,10,13-17,19H,6,9,11-12,18,36H2,1-5H3,(H,37,41)(H,39,40). The number of nitrogens with two attached hydrogens (primary N) is 1. The lowest BCUT2D eigenvalue weighted by Crippen LogP contribution is -2.26. The van der Waals surface area contributed by atoms with Gasteiger partial charge in [0.25, 0.3) is 11.8 Å². The molecule has 0 bridgehead atoms. The zero-order valence-corrected chi connectivity index (χ0v) is 27.0. The van der Waals surface area contributed by atoms with Crippen LogP contribution in [0.15, 0.2) is 47.8 Å². The van der Waals surface area contributed by atoms with Crippen LogP contribution in [0.5, 0.6) is 5.75 Å². The monoisotopic (exact) mass is 626 g/mol. The summed E-state index contributed by atoms with van der Waals surface area (Å²) >= 11 is 1.59. The number of aryl methyl sites for hydroxylation is 1. The average molecular weight is 627 g/mol. The van der Waals surface area contributed by atoms with E-state index in [9.17, 15) is 14.4 Å². The predicted octanol–water partition coefficient (Wildman–Crippen LogP) is 6.48. The topological polar surface area (TPSA) is 133 Å². The third kappa shape index (κ3) is 6.48. The number of nitrogens with zero attached hydrogens (tertiary/aromatic N) is 1. The van der Waals surface area contributed by atoms with E-state index in [0.717, 1.165) is 51.2 Å². The molecule has 2 aromatic carbocycles. The van der Waals surface area contributed by atoms with Gasteiger partial charge in [-0.15, -0.1) is 11.3 Å². The van der Waals surface area contributed by atoms with Gasteiger partial charge in [0.15, 0.2) is 5.69 Å². The second-order valence-corrected chi connectivity index (χ2v) is 12.2. The molecule has 0 spiro atoms. The number of nitrogens with one attached hydrogen (secondary N) is 2. The molecule has 0 aliphatic carbocycles. The minimum Gasteiger partial charge on any atom is -0.493 e. The Hall–Kier alpha value is -4.54. The first-order valence-corrected chi connectivity index (χ1v) is 15.9. The summed E-state index contributed by atoms with van der Waals surface area (Å²) in [5, 5.41) is 8.00. The van der Waals surface area contributed by atoms with Crippen LogP contribution in [0.4, 0.5) is 5.69 Å². The van der Waals surface area contributed by atoms with E-state index >= 15 is 0 Å². The molecule has 10 heteroatoms. The Labute approximate surface area is 267 Å². The highest BCUT2D eigenvalue weighted by atomic mass is 32.1. The number of esters is 1. The zero-order chi connectivity index (χ0) is 32.2. The van der Waals surface area contributed by atoms with Crippen molar-refractivity contribution in [1.29, 1.82) is 0 Å². The van der Waals surface area contributed by atoms with Gasteiger partial charge in [-0.25, -0.2) is 9.78 Å². The van der Waals surface area contributed by atoms with Crippen molar-refractivity contribution in [1.82, 2.24) is 10.3 Å². The number of benzene rings is 2. The Balaban J connectivity index is 1.71. The lowest BCUT2D eigenvalue weighted by Gasteiger charge is -2.21. The summed E-state index contributed by atoms with van der Waals surface area (Å²) in [6, 6.07) is 12.9. The van der Waals surface area contributed by atoms with Crippen LogP contribution in [0.1, 0.15) is 86.7 Å². The average Bonchev–Trinajstić information content (AvgIpc) is 3.44. The highest BCUT2D eigenvalue weighted by molar-refractivity contribution is 7.13. The number of carbonyl (C=O) groups excluding carboxylic acids is 3. The molecule has 0 radical (unpaired) electrons. The summed E-state index contributed by atoms with van der Waals surface area (Å²) < 4.78 is 11.3. The van der Waals surface area contributed by atoms with Gasteiger partial charge in [-0.2, -0.15) is 0 Å². The van der Waals surface area contributed by atoms with Crippen molar-refractivity contribution in [2.45, 2.75) is 53.0 Å². The SMILES string of the molecule is CCCNC(=O)c1ccc(-c2cc3c(cc2C(=O)Nc2c(C)cc(CN)cc2C(C)C)-c2sccc2CCO3)c(C(=O)OC)n1. The van der Waals surface area contributed by atoms with E-state index in [2.05, 4.69) is 35.5 Å². The maximum absolute atomic E-state index is 14.4. The molecule has 4 N–H and O–H groups in total. The van der Waals surface area contributed by atoms with Crippen molar-refractivity contribution in [3.05, 3.63) is 87.0 Å². The maximum Gasteiger partial charge on any atom is 0.357 e. The van der Waals surface area contributed by atoms with E-state index in [0.29, 0.717) is 42.1 Å². The van der Waals surface area contributed by atoms with Crippen LogP contribution in [0.25, 0.3) is 21.6 Å². The van der Waals surface area contributed by atoms with Crippen LogP contribution in [0.2, 0.25) is 0 Å². The number of anilines is 1. The van der Waals surface area contributed by atoms with Gasteiger partial charge in [0.1, 0.15) is 11.4 Å². The van der Waals surface area contributed by atoms with Gasteiger partial charge in [-0.05, 0) is 77.2 Å². The second kappa shape index (κ2) is 13.6. The van der Waals surface area contributed by atoms with Crippen molar-refractivity contribution < 1.29 is 23.9 Å². The number of carbonyl (C=O) groups is 3. The van der Waals surface area contributed by atoms with Gasteiger partial charge >= 0.3 is 5.97 Å². The number of amides is 2. The number of rotatable bonds is 9. The van der Waals surface area contributed by atoms with Gasteiger partial charge in [-0.3, -0.25) is 9.59 Å². The molecule has 2 aromatic heterocycles. The molecule has 0 atom stereocenters. The molecule has 234 valence electrons. The third-order valence-corrected chi connectivity index (χ3v) is 8.83. The van der Waals surface area contributed by atoms with E-state index in [1.165, 1.54) is 7.11 Å². The normalized spacial score (nSPS) is 12.1. The summed E-state index contributed by atoms with van der Waals surface area (Å²) in [6.45, 7) is 9.36. The van der Waals surface area contributed by atoms with Crippen molar-refractivity contribution in [3.8, 4) is 27.3 Å². The Kier molecular flexibility index (Phi) is 9.65. The molecule has 1 aliphatic heterocycles. The van der Waals surface area contributed by atoms with Crippen molar-refractivity contribution in [2.75, 3.05) is 25.6 Å². The van der Waals surface area contributed by atoms with Crippen LogP contribution >= 0.6 is 11.3 Å². The zero-order valence-electron chi connectivity index (χ0n) is 26.2. The number of hydrogen-bond donors (Lipinski definition) is 3. The number of fused-ring (bicyclic) bond motifs is 3. The van der Waals surface area contributed by atoms with Gasteiger partial charge < -0.3 is 25.8 Å². The van der Waals surface area contributed by atoms with Crippen molar-refractivity contribution in [3.63, 3.8) is 0 Å². The lowest BCUT2D eigenvalue weighted by molar-refractivity contribution is 0.0594. The minimum absolute atomic E-state index is 0.0741. The van der Waals surface area contributed by atoms with Crippen LogP contribution in [-0.4, -0.2) is 43.0 Å². The van der Waals surface area contributed by atoms with E-state index in [4.69, 9.17) is 15.2 Å². The Bertz CT molecular complexity index is 1780. The smallest absolute Gasteiger partial charge is 0.357 e. The lowest BCUT2D eigenvalue weighted by atomic mass is 9.92. The first-order valence-electron chi connectivity index (χ1n) is 15.1. The van der Waals surface area contributed by atoms with E-state index in [1.807, 2.05) is 37.4 Å². The molecule has 0 saturated carbocycles. The first-order chi connectivity index (χ1) is 21.7. The van der Waals surface area contributed by atoms with Crippen LogP contribution < -0.4 is 21.1 Å². The number of hydrogen-bond acceptors (Lipinski definition) is 8. The second-order valence-electron chi connectivity index (χ2n) is 11.3. The van der Waals surface area contributed by atoms with Gasteiger partial charge in [0.2, 0.25) is 0 Å². The van der Waals surface area contributed by atoms with Crippen molar-refractivity contribution in [2.24, 2.45) is 5.73 Å². The van der Waals surface area contributed by atoms with E-state index in [1.54, 1.807) is 29.5 Å². The minimum atomic E-state index is -0.729. The Morgan fingerprint density at radius 1 is 1.07 bits per heavy atom. The summed E-state index contributed by atoms with van der Waals surface area (Å²) in [7, 11) is 1.25. The molecule has 2 amide bonds. The quantitative estimate of drug-likeness (QED) is 0.181. The molecule has 1 aliphatic rings. The summed E-state index contributed by atoms with van der Waals surface area (Å²) in [5.74, 6) is -0.774. The number of ether oxygens (including phenoxy) is 2. The molecule has 5 rings (SSSR count). The van der Waals surface area contributed by atoms with Crippen LogP contribution in [-0.2, 0) is 17.7 Å². The van der Waals surface area contributed by atoms with E-state index in [-0.39, 0.29) is 23.2 Å². The molecule has 0 fully saturated rings. The number of methoxy groups -OCH3 is 1. The molecular weight excluding hydrogens is 588 g/mol. The number of aromatic nitrogens is 1. The highest BCUT2D eigenvalue weighted by Gasteiger charge is 2.27. The maximum atomic E-state index is 14.4. The van der Waals surface area contributed by atoms with Gasteiger partial charge in [-0.1, -0.05) is 32.9 Å². The fourth-order valence-electron chi connectivity index (χ4n) is 5.53.